The van der Waals surface area contributed by atoms with Crippen molar-refractivity contribution in [1.29, 1.82) is 0 Å². The van der Waals surface area contributed by atoms with Crippen molar-refractivity contribution < 1.29 is 4.74 Å². The van der Waals surface area contributed by atoms with Gasteiger partial charge in [-0.15, -0.1) is 0 Å². The fourth-order valence-electron chi connectivity index (χ4n) is 4.67. The molecule has 1 heterocycles. The summed E-state index contributed by atoms with van der Waals surface area (Å²) in [5, 5.41) is 6.84. The van der Waals surface area contributed by atoms with Crippen molar-refractivity contribution in [3.8, 4) is 16.9 Å². The van der Waals surface area contributed by atoms with Crippen LogP contribution in [-0.4, -0.2) is 11.0 Å². The first kappa shape index (κ1) is 17.7. The highest BCUT2D eigenvalue weighted by atomic mass is 31.1. The Balaban J connectivity index is 1.92. The molecule has 1 aliphatic heterocycles. The summed E-state index contributed by atoms with van der Waals surface area (Å²) in [7, 11) is -0.441. The number of fused-ring (bicyclic) bond motifs is 3. The molecule has 2 atom stereocenters. The number of hydrogen-bond acceptors (Lipinski definition) is 1. The lowest BCUT2D eigenvalue weighted by Gasteiger charge is -2.31. The van der Waals surface area contributed by atoms with Gasteiger partial charge >= 0.3 is 0 Å². The molecule has 2 heteroatoms. The molecule has 0 saturated heterocycles. The summed E-state index contributed by atoms with van der Waals surface area (Å²) < 4.78 is 6.36. The second-order valence-electron chi connectivity index (χ2n) is 8.60. The van der Waals surface area contributed by atoms with Crippen LogP contribution in [0.25, 0.3) is 32.7 Å². The molecule has 140 valence electrons. The molecule has 0 amide bonds. The van der Waals surface area contributed by atoms with Gasteiger partial charge < -0.3 is 4.74 Å². The van der Waals surface area contributed by atoms with E-state index in [0.717, 1.165) is 5.75 Å². The van der Waals surface area contributed by atoms with Gasteiger partial charge in [0.05, 0.1) is 0 Å². The summed E-state index contributed by atoms with van der Waals surface area (Å²) in [5.41, 5.74) is 2.69. The van der Waals surface area contributed by atoms with Crippen LogP contribution in [0.15, 0.2) is 72.8 Å². The molecule has 0 fully saturated rings. The molecule has 0 aliphatic carbocycles. The predicted molar refractivity (Wildman–Crippen MR) is 123 cm³/mol. The van der Waals surface area contributed by atoms with Crippen LogP contribution < -0.4 is 10.0 Å². The highest BCUT2D eigenvalue weighted by Gasteiger charge is 2.41. The molecule has 0 bridgehead atoms. The molecule has 5 rings (SSSR count). The van der Waals surface area contributed by atoms with Crippen LogP contribution in [0.2, 0.25) is 0 Å². The lowest BCUT2D eigenvalue weighted by Crippen LogP contribution is -2.22. The van der Waals surface area contributed by atoms with E-state index in [-0.39, 0.29) is 11.0 Å². The molecule has 0 radical (unpaired) electrons. The van der Waals surface area contributed by atoms with Gasteiger partial charge in [0.25, 0.3) is 0 Å². The van der Waals surface area contributed by atoms with E-state index in [9.17, 15) is 0 Å². The van der Waals surface area contributed by atoms with E-state index in [1.54, 1.807) is 0 Å². The Kier molecular flexibility index (Phi) is 4.00. The molecule has 4 aromatic carbocycles. The van der Waals surface area contributed by atoms with E-state index in [4.69, 9.17) is 4.74 Å². The van der Waals surface area contributed by atoms with Gasteiger partial charge in [-0.3, -0.25) is 0 Å². The van der Waals surface area contributed by atoms with Crippen LogP contribution in [0.4, 0.5) is 0 Å². The SMILES string of the molecule is CC1Oc2cccc(-c3c4ccccc4cc4ccccc34)c2[P@]1C(C)(C)C. The third-order valence-corrected chi connectivity index (χ3v) is 8.89. The zero-order valence-electron chi connectivity index (χ0n) is 16.9. The molecule has 0 spiro atoms. The van der Waals surface area contributed by atoms with E-state index in [2.05, 4.69) is 100 Å². The average Bonchev–Trinajstić information content (AvgIpc) is 3.02. The van der Waals surface area contributed by atoms with Gasteiger partial charge in [0, 0.05) is 5.30 Å². The number of benzene rings is 4. The minimum atomic E-state index is -0.441. The van der Waals surface area contributed by atoms with Crippen molar-refractivity contribution in [2.24, 2.45) is 0 Å². The van der Waals surface area contributed by atoms with Gasteiger partial charge in [0.15, 0.2) is 0 Å². The van der Waals surface area contributed by atoms with Crippen molar-refractivity contribution in [2.75, 3.05) is 0 Å². The van der Waals surface area contributed by atoms with Crippen LogP contribution in [0, 0.1) is 0 Å². The third-order valence-electron chi connectivity index (χ3n) is 5.66. The van der Waals surface area contributed by atoms with Crippen molar-refractivity contribution in [2.45, 2.75) is 38.7 Å². The van der Waals surface area contributed by atoms with Crippen molar-refractivity contribution in [3.05, 3.63) is 72.8 Å². The minimum absolute atomic E-state index is 0.191. The number of ether oxygens (including phenoxy) is 1. The van der Waals surface area contributed by atoms with Gasteiger partial charge in [-0.1, -0.05) is 81.4 Å². The molecule has 0 N–H and O–H groups in total. The fraction of sp³-hybridized carbons (Fsp3) is 0.231. The molecule has 1 unspecified atom stereocenters. The van der Waals surface area contributed by atoms with E-state index >= 15 is 0 Å². The molecule has 4 aromatic rings. The summed E-state index contributed by atoms with van der Waals surface area (Å²) >= 11 is 0. The van der Waals surface area contributed by atoms with Gasteiger partial charge in [-0.2, -0.15) is 0 Å². The predicted octanol–water partition coefficient (Wildman–Crippen LogP) is 7.30. The Morgan fingerprint density at radius 2 is 1.39 bits per heavy atom. The smallest absolute Gasteiger partial charge is 0.128 e. The van der Waals surface area contributed by atoms with E-state index in [1.165, 1.54) is 38.0 Å². The van der Waals surface area contributed by atoms with E-state index in [0.29, 0.717) is 0 Å². The maximum atomic E-state index is 6.36. The highest BCUT2D eigenvalue weighted by molar-refractivity contribution is 7.68. The normalized spacial score (nSPS) is 19.0. The Bertz CT molecular complexity index is 1150. The van der Waals surface area contributed by atoms with Crippen LogP contribution >= 0.6 is 7.92 Å². The Morgan fingerprint density at radius 3 is 2.00 bits per heavy atom. The fourth-order valence-corrected chi connectivity index (χ4v) is 7.83. The van der Waals surface area contributed by atoms with Crippen molar-refractivity contribution in [1.82, 2.24) is 0 Å². The summed E-state index contributed by atoms with van der Waals surface area (Å²) in [5.74, 6) is 1.32. The Labute approximate surface area is 168 Å². The highest BCUT2D eigenvalue weighted by Crippen LogP contribution is 2.60. The lowest BCUT2D eigenvalue weighted by molar-refractivity contribution is 0.313. The molecule has 1 aliphatic rings. The van der Waals surface area contributed by atoms with Crippen LogP contribution in [-0.2, 0) is 0 Å². The Morgan fingerprint density at radius 1 is 0.786 bits per heavy atom. The summed E-state index contributed by atoms with van der Waals surface area (Å²) in [6.07, 6.45) is 0. The molecule has 28 heavy (non-hydrogen) atoms. The van der Waals surface area contributed by atoms with Crippen molar-refractivity contribution >= 4 is 34.8 Å². The first-order chi connectivity index (χ1) is 13.4. The number of hydrogen-bond donors (Lipinski definition) is 0. The van der Waals surface area contributed by atoms with Crippen LogP contribution in [0.1, 0.15) is 27.7 Å². The van der Waals surface area contributed by atoms with Gasteiger partial charge in [0.2, 0.25) is 0 Å². The molecule has 1 nitrogen and oxygen atoms in total. The van der Waals surface area contributed by atoms with Crippen LogP contribution in [0.3, 0.4) is 0 Å². The Hall–Kier alpha value is -2.37. The molecule has 0 aromatic heterocycles. The zero-order valence-corrected chi connectivity index (χ0v) is 17.8. The summed E-state index contributed by atoms with van der Waals surface area (Å²) in [6.45, 7) is 9.30. The van der Waals surface area contributed by atoms with Gasteiger partial charge in [-0.25, -0.2) is 0 Å². The van der Waals surface area contributed by atoms with E-state index in [1.807, 2.05) is 0 Å². The molecule has 0 saturated carbocycles. The average molecular weight is 384 g/mol. The first-order valence-corrected chi connectivity index (χ1v) is 11.4. The lowest BCUT2D eigenvalue weighted by atomic mass is 9.92. The van der Waals surface area contributed by atoms with E-state index < -0.39 is 7.92 Å². The second-order valence-corrected chi connectivity index (χ2v) is 11.9. The van der Waals surface area contributed by atoms with Crippen molar-refractivity contribution in [3.63, 3.8) is 0 Å². The number of rotatable bonds is 1. The monoisotopic (exact) mass is 384 g/mol. The van der Waals surface area contributed by atoms with Gasteiger partial charge in [-0.05, 0) is 64.8 Å². The minimum Gasteiger partial charge on any atom is -0.485 e. The summed E-state index contributed by atoms with van der Waals surface area (Å²) in [6, 6.07) is 26.4. The first-order valence-electron chi connectivity index (χ1n) is 9.95. The quantitative estimate of drug-likeness (QED) is 0.247. The molecular weight excluding hydrogens is 359 g/mol. The zero-order chi connectivity index (χ0) is 19.5. The third kappa shape index (κ3) is 2.65. The second kappa shape index (κ2) is 6.33. The summed E-state index contributed by atoms with van der Waals surface area (Å²) in [4.78, 5) is 0. The van der Waals surface area contributed by atoms with Crippen LogP contribution in [0.5, 0.6) is 5.75 Å². The largest absolute Gasteiger partial charge is 0.485 e. The topological polar surface area (TPSA) is 9.23 Å². The maximum absolute atomic E-state index is 6.36. The van der Waals surface area contributed by atoms with Gasteiger partial charge in [0.1, 0.15) is 11.6 Å². The molecular formula is C26H25OP. The maximum Gasteiger partial charge on any atom is 0.128 e. The standard InChI is InChI=1S/C26H25OP/c1-17-27-23-15-9-14-22(25(23)28(17)26(2,3)4)24-20-12-7-5-10-18(20)16-19-11-6-8-13-21(19)24/h5-17H,1-4H3/t17?,28-/m1/s1.